The minimum atomic E-state index is -0.0575. The fourth-order valence-electron chi connectivity index (χ4n) is 3.16. The summed E-state index contributed by atoms with van der Waals surface area (Å²) >= 11 is 3.41. The van der Waals surface area contributed by atoms with E-state index in [2.05, 4.69) is 29.1 Å². The molecule has 194 valence electrons. The second kappa shape index (κ2) is 14.6. The number of anilines is 1. The van der Waals surface area contributed by atoms with Crippen LogP contribution in [0.5, 0.6) is 0 Å². The van der Waals surface area contributed by atoms with E-state index in [1.54, 1.807) is 41.7 Å². The number of methoxy groups -OCH3 is 1. The molecular weight excluding hydrogens is 490 g/mol. The molecule has 0 radical (unpaired) electrons. The van der Waals surface area contributed by atoms with E-state index < -0.39 is 0 Å². The Morgan fingerprint density at radius 3 is 2.03 bits per heavy atom. The predicted molar refractivity (Wildman–Crippen MR) is 142 cm³/mol. The molecule has 0 aromatic carbocycles. The Morgan fingerprint density at radius 2 is 1.49 bits per heavy atom. The molecule has 0 bridgehead atoms. The third kappa shape index (κ3) is 8.64. The number of thiophene rings is 2. The molecule has 1 aliphatic heterocycles. The van der Waals surface area contributed by atoms with E-state index >= 15 is 0 Å². The first kappa shape index (κ1) is 27.7. The smallest absolute Gasteiger partial charge is 0.277 e. The molecule has 3 heterocycles. The van der Waals surface area contributed by atoms with Gasteiger partial charge in [-0.1, -0.05) is 0 Å². The minimum absolute atomic E-state index is 0.0575. The first-order valence-corrected chi connectivity index (χ1v) is 13.2. The number of hydrogen-bond donors (Lipinski definition) is 0. The molecule has 0 spiro atoms. The van der Waals surface area contributed by atoms with Gasteiger partial charge < -0.3 is 28.6 Å². The van der Waals surface area contributed by atoms with Crippen LogP contribution in [-0.4, -0.2) is 104 Å². The van der Waals surface area contributed by atoms with Crippen molar-refractivity contribution < 1.29 is 28.5 Å². The maximum Gasteiger partial charge on any atom is 0.277 e. The van der Waals surface area contributed by atoms with Crippen LogP contribution in [-0.2, 0) is 28.5 Å². The van der Waals surface area contributed by atoms with Gasteiger partial charge in [0, 0.05) is 42.0 Å². The molecule has 0 saturated heterocycles. The number of fused-ring (bicyclic) bond motifs is 1. The van der Waals surface area contributed by atoms with Crippen molar-refractivity contribution in [3.05, 3.63) is 22.7 Å². The fraction of sp³-hybridized carbons (Fsp3) is 0.583. The largest absolute Gasteiger partial charge is 0.382 e. The summed E-state index contributed by atoms with van der Waals surface area (Å²) in [6, 6.07) is 4.31. The van der Waals surface area contributed by atoms with Crippen molar-refractivity contribution in [3.8, 4) is 0 Å². The molecule has 2 aromatic rings. The highest BCUT2D eigenvalue weighted by atomic mass is 32.1. The highest BCUT2D eigenvalue weighted by molar-refractivity contribution is 7.30. The maximum absolute atomic E-state index is 12.2. The zero-order valence-corrected chi connectivity index (χ0v) is 22.5. The molecular formula is C24H35N3O6S2. The number of amidine groups is 1. The van der Waals surface area contributed by atoms with Gasteiger partial charge >= 0.3 is 0 Å². The van der Waals surface area contributed by atoms with E-state index in [4.69, 9.17) is 23.7 Å². The third-order valence-corrected chi connectivity index (χ3v) is 7.63. The van der Waals surface area contributed by atoms with Gasteiger partial charge in [-0.3, -0.25) is 9.69 Å². The Morgan fingerprint density at radius 1 is 0.914 bits per heavy atom. The molecule has 1 amide bonds. The standard InChI is InChI=1S/C24H35N3O6S2/c1-18-25-20(24(28)27(18)3)15-19-16-21-22(34-19)17-23(35-21)26(2)5-6-30-9-10-32-13-14-33-12-11-31-8-7-29-4/h15-17H,5-14H2,1-4H3/b20-15-. The number of rotatable bonds is 17. The van der Waals surface area contributed by atoms with Crippen molar-refractivity contribution in [2.75, 3.05) is 92.1 Å². The van der Waals surface area contributed by atoms with Gasteiger partial charge in [-0.25, -0.2) is 4.99 Å². The lowest BCUT2D eigenvalue weighted by Crippen LogP contribution is -2.25. The molecule has 0 saturated carbocycles. The van der Waals surface area contributed by atoms with Gasteiger partial charge in [0.05, 0.1) is 64.5 Å². The lowest BCUT2D eigenvalue weighted by atomic mass is 10.3. The summed E-state index contributed by atoms with van der Waals surface area (Å²) in [6.07, 6.45) is 1.87. The molecule has 11 heteroatoms. The first-order valence-electron chi connectivity index (χ1n) is 11.6. The van der Waals surface area contributed by atoms with E-state index in [1.807, 2.05) is 13.0 Å². The highest BCUT2D eigenvalue weighted by Gasteiger charge is 2.24. The van der Waals surface area contributed by atoms with E-state index in [1.165, 1.54) is 14.4 Å². The van der Waals surface area contributed by atoms with Crippen molar-refractivity contribution in [2.24, 2.45) is 4.99 Å². The van der Waals surface area contributed by atoms with Crippen molar-refractivity contribution in [1.82, 2.24) is 4.90 Å². The summed E-state index contributed by atoms with van der Waals surface area (Å²) in [4.78, 5) is 21.4. The van der Waals surface area contributed by atoms with Gasteiger partial charge in [0.25, 0.3) is 5.91 Å². The number of ether oxygens (including phenoxy) is 5. The van der Waals surface area contributed by atoms with Gasteiger partial charge in [-0.05, 0) is 25.1 Å². The van der Waals surface area contributed by atoms with Crippen LogP contribution in [0.1, 0.15) is 11.8 Å². The number of amides is 1. The van der Waals surface area contributed by atoms with Crippen molar-refractivity contribution >= 4 is 54.9 Å². The molecule has 0 aliphatic carbocycles. The highest BCUT2D eigenvalue weighted by Crippen LogP contribution is 2.38. The zero-order valence-electron chi connectivity index (χ0n) is 20.9. The van der Waals surface area contributed by atoms with E-state index in [0.29, 0.717) is 65.2 Å². The van der Waals surface area contributed by atoms with Crippen LogP contribution in [0.15, 0.2) is 22.8 Å². The molecule has 1 aliphatic rings. The Balaban J connectivity index is 1.27. The van der Waals surface area contributed by atoms with Gasteiger partial charge in [0.2, 0.25) is 0 Å². The summed E-state index contributed by atoms with van der Waals surface area (Å²) in [7, 11) is 5.46. The number of carbonyl (C=O) groups excluding carboxylic acids is 1. The second-order valence-electron chi connectivity index (χ2n) is 7.88. The zero-order chi connectivity index (χ0) is 25.0. The topological polar surface area (TPSA) is 82.1 Å². The van der Waals surface area contributed by atoms with Crippen LogP contribution in [0, 0.1) is 0 Å². The average molecular weight is 526 g/mol. The summed E-state index contributed by atoms with van der Waals surface area (Å²) in [5, 5.41) is 1.19. The van der Waals surface area contributed by atoms with Crippen LogP contribution < -0.4 is 4.90 Å². The Kier molecular flexibility index (Phi) is 11.6. The monoisotopic (exact) mass is 525 g/mol. The molecule has 3 rings (SSSR count). The van der Waals surface area contributed by atoms with Crippen LogP contribution in [0.3, 0.4) is 0 Å². The van der Waals surface area contributed by atoms with Crippen molar-refractivity contribution in [3.63, 3.8) is 0 Å². The van der Waals surface area contributed by atoms with Crippen LogP contribution in [0.4, 0.5) is 5.00 Å². The first-order chi connectivity index (χ1) is 17.0. The number of hydrogen-bond acceptors (Lipinski definition) is 10. The average Bonchev–Trinajstić information content (AvgIpc) is 3.48. The second-order valence-corrected chi connectivity index (χ2v) is 10.1. The molecule has 9 nitrogen and oxygen atoms in total. The third-order valence-electron chi connectivity index (χ3n) is 5.28. The summed E-state index contributed by atoms with van der Waals surface area (Å²) in [5.74, 6) is 0.667. The fourth-order valence-corrected chi connectivity index (χ4v) is 5.49. The number of likely N-dealkylation sites (N-methyl/N-ethyl adjacent to an activating group) is 2. The number of nitrogens with zero attached hydrogens (tertiary/aromatic N) is 3. The number of aliphatic imine (C=N–C) groups is 1. The van der Waals surface area contributed by atoms with Gasteiger partial charge in [0.1, 0.15) is 11.5 Å². The molecule has 0 unspecified atom stereocenters. The quantitative estimate of drug-likeness (QED) is 0.231. The molecule has 0 N–H and O–H groups in total. The lowest BCUT2D eigenvalue weighted by Gasteiger charge is -2.16. The van der Waals surface area contributed by atoms with E-state index in [0.717, 1.165) is 17.3 Å². The molecule has 35 heavy (non-hydrogen) atoms. The minimum Gasteiger partial charge on any atom is -0.382 e. The SMILES string of the molecule is COCCOCCOCCOCCOCCN(C)c1cc2sc(/C=C3\N=C(C)N(C)C3=O)cc2s1. The van der Waals surface area contributed by atoms with Gasteiger partial charge in [0.15, 0.2) is 0 Å². The normalized spacial score (nSPS) is 15.1. The van der Waals surface area contributed by atoms with E-state index in [9.17, 15) is 4.79 Å². The lowest BCUT2D eigenvalue weighted by molar-refractivity contribution is -0.121. The molecule has 0 fully saturated rings. The van der Waals surface area contributed by atoms with Gasteiger partial charge in [-0.2, -0.15) is 0 Å². The predicted octanol–water partition coefficient (Wildman–Crippen LogP) is 3.34. The number of carbonyl (C=O) groups is 1. The van der Waals surface area contributed by atoms with Gasteiger partial charge in [-0.15, -0.1) is 22.7 Å². The summed E-state index contributed by atoms with van der Waals surface area (Å²) in [6.45, 7) is 7.77. The van der Waals surface area contributed by atoms with Crippen LogP contribution in [0.2, 0.25) is 0 Å². The maximum atomic E-state index is 12.2. The van der Waals surface area contributed by atoms with Crippen LogP contribution >= 0.6 is 22.7 Å². The van der Waals surface area contributed by atoms with Crippen molar-refractivity contribution in [1.29, 1.82) is 0 Å². The molecule has 0 atom stereocenters. The van der Waals surface area contributed by atoms with E-state index in [-0.39, 0.29) is 5.91 Å². The molecule has 2 aromatic heterocycles. The van der Waals surface area contributed by atoms with Crippen LogP contribution in [0.25, 0.3) is 15.5 Å². The summed E-state index contributed by atoms with van der Waals surface area (Å²) in [5.41, 5.74) is 0.494. The Labute approximate surface area is 214 Å². The Hall–Kier alpha value is -1.86. The summed E-state index contributed by atoms with van der Waals surface area (Å²) < 4.78 is 29.3. The van der Waals surface area contributed by atoms with Crippen molar-refractivity contribution in [2.45, 2.75) is 6.92 Å². The Bertz CT molecular complexity index is 971.